The van der Waals surface area contributed by atoms with Gasteiger partial charge in [-0.3, -0.25) is 15.0 Å². The molecule has 4 fully saturated rings. The van der Waals surface area contributed by atoms with Crippen LogP contribution in [0.5, 0.6) is 6.01 Å². The zero-order chi connectivity index (χ0) is 32.1. The maximum Gasteiger partial charge on any atom is 0.407 e. The fraction of sp³-hybridized carbons (Fsp3) is 0.545. The predicted molar refractivity (Wildman–Crippen MR) is 171 cm³/mol. The van der Waals surface area contributed by atoms with Gasteiger partial charge in [0.25, 0.3) is 0 Å². The minimum absolute atomic E-state index is 0.0213. The van der Waals surface area contributed by atoms with Crippen LogP contribution >= 0.6 is 11.6 Å². The molecule has 1 amide bonds. The number of ether oxygens (including phenoxy) is 2. The molecule has 14 heteroatoms. The third kappa shape index (κ3) is 4.79. The summed E-state index contributed by atoms with van der Waals surface area (Å²) in [5, 5.41) is 11.9. The van der Waals surface area contributed by atoms with Gasteiger partial charge in [0.15, 0.2) is 5.82 Å². The molecule has 5 atom stereocenters. The average molecular weight is 665 g/mol. The molecule has 5 aliphatic heterocycles. The zero-order valence-corrected chi connectivity index (χ0v) is 26.7. The Labute approximate surface area is 274 Å². The summed E-state index contributed by atoms with van der Waals surface area (Å²) < 4.78 is 43.6. The van der Waals surface area contributed by atoms with E-state index in [0.717, 1.165) is 31.4 Å². The van der Waals surface area contributed by atoms with Crippen molar-refractivity contribution in [2.45, 2.75) is 68.6 Å². The minimum Gasteiger partial charge on any atom is -0.461 e. The van der Waals surface area contributed by atoms with E-state index in [1.807, 2.05) is 17.9 Å². The topological polar surface area (TPSA) is 121 Å². The first-order valence-electron chi connectivity index (χ1n) is 16.4. The van der Waals surface area contributed by atoms with Gasteiger partial charge < -0.3 is 19.7 Å². The predicted octanol–water partition coefficient (Wildman–Crippen LogP) is 5.52. The molecule has 11 nitrogen and oxygen atoms in total. The number of carbonyl (C=O) groups excluding carboxylic acids is 1. The van der Waals surface area contributed by atoms with Crippen molar-refractivity contribution < 1.29 is 23.0 Å². The van der Waals surface area contributed by atoms with Crippen LogP contribution in [0.15, 0.2) is 18.5 Å². The van der Waals surface area contributed by atoms with Crippen LogP contribution < -0.4 is 15.0 Å². The largest absolute Gasteiger partial charge is 0.461 e. The molecule has 2 N–H and O–H groups in total. The highest BCUT2D eigenvalue weighted by molar-refractivity contribution is 6.33. The molecule has 47 heavy (non-hydrogen) atoms. The summed E-state index contributed by atoms with van der Waals surface area (Å²) in [7, 11) is 0. The van der Waals surface area contributed by atoms with Crippen LogP contribution in [0.4, 0.5) is 19.4 Å². The molecule has 8 heterocycles. The van der Waals surface area contributed by atoms with Gasteiger partial charge >= 0.3 is 12.1 Å². The van der Waals surface area contributed by atoms with E-state index >= 15 is 4.39 Å². The second-order valence-electron chi connectivity index (χ2n) is 14.2. The lowest BCUT2D eigenvalue weighted by Crippen LogP contribution is -2.48. The van der Waals surface area contributed by atoms with Crippen molar-refractivity contribution in [1.29, 1.82) is 0 Å². The Bertz CT molecular complexity index is 1940. The van der Waals surface area contributed by atoms with Gasteiger partial charge in [0.2, 0.25) is 0 Å². The van der Waals surface area contributed by atoms with Gasteiger partial charge in [-0.2, -0.15) is 15.1 Å². The quantitative estimate of drug-likeness (QED) is 0.292. The van der Waals surface area contributed by atoms with E-state index in [9.17, 15) is 9.18 Å². The highest BCUT2D eigenvalue weighted by atomic mass is 35.5. The number of fused-ring (bicyclic) bond motifs is 7. The third-order valence-electron chi connectivity index (χ3n) is 11.0. The number of alkyl carbamates (subject to hydrolysis) is 1. The Morgan fingerprint density at radius 2 is 2.11 bits per heavy atom. The highest BCUT2D eigenvalue weighted by Crippen LogP contribution is 2.56. The molecule has 0 radical (unpaired) electrons. The number of nitrogens with zero attached hydrogens (tertiary/aromatic N) is 6. The van der Waals surface area contributed by atoms with Crippen LogP contribution in [0.2, 0.25) is 5.02 Å². The van der Waals surface area contributed by atoms with Crippen LogP contribution in [0, 0.1) is 11.7 Å². The van der Waals surface area contributed by atoms with E-state index in [1.54, 1.807) is 12.4 Å². The number of nitrogens with one attached hydrogen (secondary N) is 2. The number of hydrogen-bond acceptors (Lipinski definition) is 9. The van der Waals surface area contributed by atoms with E-state index in [2.05, 4.69) is 25.4 Å². The van der Waals surface area contributed by atoms with E-state index in [0.29, 0.717) is 71.6 Å². The first-order chi connectivity index (χ1) is 22.7. The summed E-state index contributed by atoms with van der Waals surface area (Å²) in [6.07, 6.45) is 6.20. The second kappa shape index (κ2) is 10.6. The van der Waals surface area contributed by atoms with Gasteiger partial charge in [0, 0.05) is 48.2 Å². The Morgan fingerprint density at radius 3 is 3.00 bits per heavy atom. The molecule has 6 aliphatic rings. The second-order valence-corrected chi connectivity index (χ2v) is 14.6. The van der Waals surface area contributed by atoms with Crippen molar-refractivity contribution >= 4 is 45.3 Å². The summed E-state index contributed by atoms with van der Waals surface area (Å²) in [5.41, 5.74) is 1.23. The summed E-state index contributed by atoms with van der Waals surface area (Å²) in [6, 6.07) is 1.84. The van der Waals surface area contributed by atoms with Gasteiger partial charge in [0.05, 0.1) is 34.8 Å². The SMILES string of the molecule is C[C@@]12CCN(C1)c1nc(OC[C@@]34CCCN3C[C@H](F)C4)nc3c(F)c(ncc13)-c1c(c(Cl)cc3[nH]ncc13)[C@@H]1C[C@@H]1CCOC(=O)N2. The number of pyridine rings is 1. The fourth-order valence-corrected chi connectivity index (χ4v) is 8.93. The Hall–Kier alpha value is -3.84. The maximum absolute atomic E-state index is 17.1. The summed E-state index contributed by atoms with van der Waals surface area (Å²) in [4.78, 5) is 31.3. The molecule has 246 valence electrons. The number of amides is 1. The molecule has 1 saturated carbocycles. The number of anilines is 1. The highest BCUT2D eigenvalue weighted by Gasteiger charge is 2.49. The fourth-order valence-electron chi connectivity index (χ4n) is 8.59. The number of alkyl halides is 1. The average Bonchev–Trinajstić information content (AvgIpc) is 3.36. The van der Waals surface area contributed by atoms with Crippen LogP contribution in [-0.4, -0.2) is 92.8 Å². The molecular formula is C33H35ClF2N8O3. The molecule has 1 aliphatic carbocycles. The number of rotatable bonds is 3. The number of aromatic nitrogens is 5. The first kappa shape index (κ1) is 29.3. The van der Waals surface area contributed by atoms with Gasteiger partial charge in [-0.05, 0) is 69.0 Å². The lowest BCUT2D eigenvalue weighted by atomic mass is 9.94. The number of H-pyrrole nitrogens is 1. The Kier molecular flexibility index (Phi) is 6.60. The van der Waals surface area contributed by atoms with Crippen molar-refractivity contribution in [3.8, 4) is 17.3 Å². The van der Waals surface area contributed by atoms with Crippen molar-refractivity contribution in [2.75, 3.05) is 44.3 Å². The van der Waals surface area contributed by atoms with Gasteiger partial charge in [-0.25, -0.2) is 13.6 Å². The summed E-state index contributed by atoms with van der Waals surface area (Å²) in [6.45, 7) is 4.62. The molecule has 1 aromatic carbocycles. The van der Waals surface area contributed by atoms with Crippen molar-refractivity contribution in [3.05, 3.63) is 34.9 Å². The van der Waals surface area contributed by atoms with Crippen LogP contribution in [-0.2, 0) is 4.74 Å². The molecule has 3 aromatic heterocycles. The standard InChI is InChI=1S/C33H35ClF2N8O3/c1-32-5-7-43(15-32)29-21-12-37-28(26(36)27(21)39-30(40-29)47-16-33-4-2-6-44(33)14-18(35)11-33)25-20-13-38-42-23(20)10-22(34)24(25)19-9-17(19)3-8-46-31(45)41-32/h10,12-13,17-19H,2-9,11,14-16H2,1H3,(H,38,42)(H,41,45)/t17-,18+,19+,32+,33-/m0/s1. The van der Waals surface area contributed by atoms with Crippen molar-refractivity contribution in [2.24, 2.45) is 5.92 Å². The molecule has 0 spiro atoms. The van der Waals surface area contributed by atoms with Crippen LogP contribution in [0.1, 0.15) is 56.9 Å². The van der Waals surface area contributed by atoms with Crippen molar-refractivity contribution in [1.82, 2.24) is 35.4 Å². The van der Waals surface area contributed by atoms with Gasteiger partial charge in [-0.1, -0.05) is 11.6 Å². The third-order valence-corrected chi connectivity index (χ3v) is 11.4. The Morgan fingerprint density at radius 1 is 1.21 bits per heavy atom. The summed E-state index contributed by atoms with van der Waals surface area (Å²) in [5.74, 6) is 0.106. The minimum atomic E-state index is -0.909. The number of aromatic amines is 1. The molecule has 10 rings (SSSR count). The monoisotopic (exact) mass is 664 g/mol. The van der Waals surface area contributed by atoms with E-state index in [-0.39, 0.29) is 42.3 Å². The molecule has 0 unspecified atom stereocenters. The lowest BCUT2D eigenvalue weighted by molar-refractivity contribution is 0.107. The zero-order valence-electron chi connectivity index (χ0n) is 26.0. The van der Waals surface area contributed by atoms with Gasteiger partial charge in [-0.15, -0.1) is 0 Å². The van der Waals surface area contributed by atoms with Crippen LogP contribution in [0.25, 0.3) is 33.1 Å². The molecule has 6 bridgehead atoms. The number of benzene rings is 1. The number of hydrogen-bond donors (Lipinski definition) is 2. The molecule has 4 aromatic rings. The van der Waals surface area contributed by atoms with Crippen LogP contribution in [0.3, 0.4) is 0 Å². The maximum atomic E-state index is 17.1. The van der Waals surface area contributed by atoms with Gasteiger partial charge in [0.1, 0.15) is 29.8 Å². The van der Waals surface area contributed by atoms with E-state index in [4.69, 9.17) is 31.0 Å². The Balaban J connectivity index is 1.21. The smallest absolute Gasteiger partial charge is 0.407 e. The summed E-state index contributed by atoms with van der Waals surface area (Å²) >= 11 is 6.91. The lowest BCUT2D eigenvalue weighted by Gasteiger charge is -2.31. The molecular weight excluding hydrogens is 630 g/mol. The van der Waals surface area contributed by atoms with E-state index in [1.165, 1.54) is 0 Å². The normalized spacial score (nSPS) is 30.3. The first-order valence-corrected chi connectivity index (χ1v) is 16.8. The number of halogens is 3. The molecule has 3 saturated heterocycles. The van der Waals surface area contributed by atoms with E-state index < -0.39 is 29.2 Å². The number of carbonyl (C=O) groups is 1. The van der Waals surface area contributed by atoms with Crippen molar-refractivity contribution in [3.63, 3.8) is 0 Å².